The van der Waals surface area contributed by atoms with E-state index in [4.69, 9.17) is 26.2 Å². The van der Waals surface area contributed by atoms with Crippen LogP contribution in [0.1, 0.15) is 37.7 Å². The number of aromatic nitrogens is 4. The molecule has 0 spiro atoms. The van der Waals surface area contributed by atoms with Crippen LogP contribution in [0.3, 0.4) is 0 Å². The first-order chi connectivity index (χ1) is 23.8. The molecule has 49 heavy (non-hydrogen) atoms. The topological polar surface area (TPSA) is 112 Å². The predicted octanol–water partition coefficient (Wildman–Crippen LogP) is 4.51. The number of phenolic OH excluding ortho intramolecular Hbond substituents is 1. The average Bonchev–Trinajstić information content (AvgIpc) is 3.84. The van der Waals surface area contributed by atoms with Crippen LogP contribution in [-0.2, 0) is 6.54 Å². The lowest BCUT2D eigenvalue weighted by Crippen LogP contribution is -2.51. The van der Waals surface area contributed by atoms with Gasteiger partial charge in [-0.25, -0.2) is 8.78 Å². The van der Waals surface area contributed by atoms with Crippen LogP contribution in [0.15, 0.2) is 36.5 Å². The Morgan fingerprint density at radius 2 is 1.92 bits per heavy atom. The number of aliphatic hydroxyl groups excluding tert-OH is 1. The number of rotatable bonds is 7. The van der Waals surface area contributed by atoms with Gasteiger partial charge in [0.05, 0.1) is 35.2 Å². The standard InChI is InChI=1S/C37H37F2N7O3/c1-2-26-30(39)7-4-21-12-25(48)13-27(32(21)26)28-14-31-33(29-19-46(10-11-47)43-34(28)29)35(44-17-23-5-6-24(18-44)40-23)42-36(41-31)49-20-37-8-3-9-45(37)16-22(38)15-37/h1,4,7,12-14,19,22-24,40,47-48H,3,5-6,8-11,15-18,20H2/t22-,23-,24+,37+/m1/s1. The van der Waals surface area contributed by atoms with Crippen LogP contribution in [0.25, 0.3) is 43.7 Å². The van der Waals surface area contributed by atoms with Gasteiger partial charge in [0.2, 0.25) is 0 Å². The smallest absolute Gasteiger partial charge is 0.319 e. The second-order valence-electron chi connectivity index (χ2n) is 14.1. The quantitative estimate of drug-likeness (QED) is 0.216. The molecule has 5 aromatic rings. The monoisotopic (exact) mass is 665 g/mol. The van der Waals surface area contributed by atoms with Gasteiger partial charge in [0, 0.05) is 60.7 Å². The second kappa shape index (κ2) is 11.5. The van der Waals surface area contributed by atoms with Crippen LogP contribution in [0.5, 0.6) is 11.8 Å². The molecule has 4 saturated heterocycles. The number of aliphatic hydroxyl groups is 1. The fourth-order valence-electron chi connectivity index (χ4n) is 8.93. The Bertz CT molecular complexity index is 2170. The third kappa shape index (κ3) is 4.97. The van der Waals surface area contributed by atoms with Gasteiger partial charge in [-0.1, -0.05) is 12.0 Å². The van der Waals surface area contributed by atoms with E-state index in [2.05, 4.69) is 21.0 Å². The van der Waals surface area contributed by atoms with Crippen molar-refractivity contribution in [1.82, 2.24) is 30.0 Å². The van der Waals surface area contributed by atoms with E-state index >= 15 is 4.39 Å². The normalized spacial score (nSPS) is 25.1. The van der Waals surface area contributed by atoms with Gasteiger partial charge in [0.25, 0.3) is 0 Å². The first-order valence-corrected chi connectivity index (χ1v) is 17.1. The third-order valence-electron chi connectivity index (χ3n) is 11.0. The summed E-state index contributed by atoms with van der Waals surface area (Å²) < 4.78 is 37.9. The van der Waals surface area contributed by atoms with Crippen LogP contribution in [0.2, 0.25) is 0 Å². The summed E-state index contributed by atoms with van der Waals surface area (Å²) in [5.41, 5.74) is 1.98. The number of halogens is 2. The number of nitrogens with one attached hydrogen (secondary N) is 1. The van der Waals surface area contributed by atoms with Crippen LogP contribution in [0, 0.1) is 18.2 Å². The van der Waals surface area contributed by atoms with E-state index in [-0.39, 0.29) is 42.6 Å². The largest absolute Gasteiger partial charge is 0.508 e. The molecule has 2 aromatic heterocycles. The van der Waals surface area contributed by atoms with E-state index in [9.17, 15) is 14.6 Å². The van der Waals surface area contributed by atoms with Crippen LogP contribution < -0.4 is 15.0 Å². The number of fused-ring (bicyclic) bond motifs is 7. The molecule has 4 aliphatic heterocycles. The Morgan fingerprint density at radius 3 is 2.71 bits per heavy atom. The van der Waals surface area contributed by atoms with Crippen LogP contribution in [-0.4, -0.2) is 98.0 Å². The van der Waals surface area contributed by atoms with Crippen molar-refractivity contribution in [3.05, 3.63) is 47.9 Å². The molecule has 2 bridgehead atoms. The molecule has 3 N–H and O–H groups in total. The molecule has 12 heteroatoms. The number of hydrogen-bond donors (Lipinski definition) is 3. The Labute approximate surface area is 281 Å². The highest BCUT2D eigenvalue weighted by molar-refractivity contribution is 6.18. The highest BCUT2D eigenvalue weighted by atomic mass is 19.1. The van der Waals surface area contributed by atoms with Crippen molar-refractivity contribution in [3.63, 3.8) is 0 Å². The van der Waals surface area contributed by atoms with Gasteiger partial charge >= 0.3 is 6.01 Å². The molecule has 0 aliphatic carbocycles. The van der Waals surface area contributed by atoms with E-state index < -0.39 is 12.0 Å². The lowest BCUT2D eigenvalue weighted by atomic mass is 9.92. The maximum Gasteiger partial charge on any atom is 0.319 e. The molecule has 3 aromatic carbocycles. The van der Waals surface area contributed by atoms with Crippen molar-refractivity contribution in [2.24, 2.45) is 0 Å². The SMILES string of the molecule is C#Cc1c(F)ccc2cc(O)cc(-c3cc4nc(OC[C@@]56CCCN5C[C@H](F)C6)nc(N5C[C@H]6CC[C@@H](C5)N6)c4c4cn(CCO)nc34)c12. The number of terminal acetylenes is 1. The van der Waals surface area contributed by atoms with Gasteiger partial charge in [-0.2, -0.15) is 15.1 Å². The number of aromatic hydroxyl groups is 1. The van der Waals surface area contributed by atoms with Gasteiger partial charge in [-0.05, 0) is 67.4 Å². The Hall–Kier alpha value is -4.57. The van der Waals surface area contributed by atoms with Crippen molar-refractivity contribution in [3.8, 4) is 35.2 Å². The number of nitrogens with zero attached hydrogens (tertiary/aromatic N) is 6. The molecular formula is C37H37F2N7O3. The summed E-state index contributed by atoms with van der Waals surface area (Å²) in [7, 11) is 0. The molecule has 0 unspecified atom stereocenters. The number of benzene rings is 3. The fraction of sp³-hybridized carbons (Fsp3) is 0.432. The minimum atomic E-state index is -0.880. The van der Waals surface area contributed by atoms with Gasteiger partial charge in [0.1, 0.15) is 35.7 Å². The van der Waals surface area contributed by atoms with E-state index in [1.165, 1.54) is 6.07 Å². The van der Waals surface area contributed by atoms with Crippen molar-refractivity contribution < 1.29 is 23.7 Å². The van der Waals surface area contributed by atoms with E-state index in [1.54, 1.807) is 22.9 Å². The van der Waals surface area contributed by atoms with Crippen molar-refractivity contribution >= 4 is 38.4 Å². The summed E-state index contributed by atoms with van der Waals surface area (Å²) in [4.78, 5) is 14.6. The molecule has 4 atom stereocenters. The number of hydrogen-bond acceptors (Lipinski definition) is 9. The van der Waals surface area contributed by atoms with Gasteiger partial charge in [-0.15, -0.1) is 6.42 Å². The molecule has 6 heterocycles. The molecule has 252 valence electrons. The molecule has 0 amide bonds. The summed E-state index contributed by atoms with van der Waals surface area (Å²) in [5.74, 6) is 2.69. The zero-order valence-electron chi connectivity index (χ0n) is 27.0. The van der Waals surface area contributed by atoms with E-state index in [0.717, 1.165) is 61.9 Å². The zero-order valence-corrected chi connectivity index (χ0v) is 27.0. The van der Waals surface area contributed by atoms with Crippen LogP contribution in [0.4, 0.5) is 14.6 Å². The summed E-state index contributed by atoms with van der Waals surface area (Å²) >= 11 is 0. The van der Waals surface area contributed by atoms with Crippen molar-refractivity contribution in [2.75, 3.05) is 44.3 Å². The van der Waals surface area contributed by atoms with Crippen molar-refractivity contribution in [1.29, 1.82) is 0 Å². The second-order valence-corrected chi connectivity index (χ2v) is 14.1. The van der Waals surface area contributed by atoms with Gasteiger partial charge in [-0.3, -0.25) is 9.58 Å². The van der Waals surface area contributed by atoms with Gasteiger partial charge in [0.15, 0.2) is 0 Å². The van der Waals surface area contributed by atoms with Crippen LogP contribution >= 0.6 is 0 Å². The minimum absolute atomic E-state index is 0.00749. The average molecular weight is 666 g/mol. The van der Waals surface area contributed by atoms with Gasteiger partial charge < -0.3 is 25.2 Å². The Balaban J connectivity index is 1.28. The van der Waals surface area contributed by atoms with E-state index in [0.29, 0.717) is 58.0 Å². The summed E-state index contributed by atoms with van der Waals surface area (Å²) in [6.07, 6.45) is 11.3. The first-order valence-electron chi connectivity index (χ1n) is 17.1. The highest BCUT2D eigenvalue weighted by Crippen LogP contribution is 2.44. The summed E-state index contributed by atoms with van der Waals surface area (Å²) in [6, 6.07) is 8.79. The predicted molar refractivity (Wildman–Crippen MR) is 183 cm³/mol. The molecule has 0 saturated carbocycles. The van der Waals surface area contributed by atoms with E-state index in [1.807, 2.05) is 12.3 Å². The highest BCUT2D eigenvalue weighted by Gasteiger charge is 2.49. The summed E-state index contributed by atoms with van der Waals surface area (Å²) in [6.45, 7) is 3.23. The number of ether oxygens (including phenoxy) is 1. The maximum atomic E-state index is 15.2. The minimum Gasteiger partial charge on any atom is -0.508 e. The molecule has 4 fully saturated rings. The maximum absolute atomic E-state index is 15.2. The number of piperazine rings is 1. The Morgan fingerprint density at radius 1 is 1.08 bits per heavy atom. The zero-order chi connectivity index (χ0) is 33.4. The molecule has 9 rings (SSSR count). The molecular weight excluding hydrogens is 628 g/mol. The van der Waals surface area contributed by atoms with Crippen molar-refractivity contribution in [2.45, 2.75) is 62.4 Å². The molecule has 4 aliphatic rings. The number of phenols is 1. The fourth-order valence-corrected chi connectivity index (χ4v) is 8.93. The lowest BCUT2D eigenvalue weighted by molar-refractivity contribution is 0.107. The summed E-state index contributed by atoms with van der Waals surface area (Å²) in [5, 5.41) is 31.9. The first kappa shape index (κ1) is 30.5. The molecule has 0 radical (unpaired) electrons. The lowest BCUT2D eigenvalue weighted by Gasteiger charge is -2.35. The molecule has 10 nitrogen and oxygen atoms in total. The number of anilines is 1. The third-order valence-corrected chi connectivity index (χ3v) is 11.0. The number of alkyl halides is 1. The Kier molecular flexibility index (Phi) is 7.16.